The van der Waals surface area contributed by atoms with Crippen LogP contribution in [0.2, 0.25) is 16.6 Å². The summed E-state index contributed by atoms with van der Waals surface area (Å²) in [5.74, 6) is 0. The van der Waals surface area contributed by atoms with Crippen LogP contribution in [-0.4, -0.2) is 65.8 Å². The first kappa shape index (κ1) is 27.3. The summed E-state index contributed by atoms with van der Waals surface area (Å²) in [6, 6.07) is 1.74. The molecule has 34 heavy (non-hydrogen) atoms. The van der Waals surface area contributed by atoms with Crippen LogP contribution < -0.4 is 11.2 Å². The monoisotopic (exact) mass is 495 g/mol. The minimum atomic E-state index is -2.18. The molecule has 2 atom stereocenters. The van der Waals surface area contributed by atoms with Gasteiger partial charge in [0.15, 0.2) is 14.5 Å². The van der Waals surface area contributed by atoms with E-state index in [4.69, 9.17) is 9.16 Å². The highest BCUT2D eigenvalue weighted by molar-refractivity contribution is 6.77. The van der Waals surface area contributed by atoms with Gasteiger partial charge in [-0.2, -0.15) is 0 Å². The van der Waals surface area contributed by atoms with Crippen LogP contribution in [0.15, 0.2) is 21.9 Å². The van der Waals surface area contributed by atoms with E-state index in [0.29, 0.717) is 42.4 Å². The zero-order valence-corrected chi connectivity index (χ0v) is 22.9. The molecule has 0 spiro atoms. The zero-order valence-electron chi connectivity index (χ0n) is 21.9. The van der Waals surface area contributed by atoms with E-state index >= 15 is 0 Å². The molecule has 1 saturated carbocycles. The normalized spacial score (nSPS) is 25.5. The molecule has 0 bridgehead atoms. The Bertz CT molecular complexity index is 887. The molecule has 2 aliphatic rings. The summed E-state index contributed by atoms with van der Waals surface area (Å²) >= 11 is 0. The molecule has 2 fully saturated rings. The smallest absolute Gasteiger partial charge is 0.330 e. The van der Waals surface area contributed by atoms with Crippen LogP contribution in [0.1, 0.15) is 79.9 Å². The average molecular weight is 496 g/mol. The minimum Gasteiger partial charge on any atom is -0.413 e. The lowest BCUT2D eigenvalue weighted by Crippen LogP contribution is -2.63. The van der Waals surface area contributed by atoms with E-state index in [0.717, 1.165) is 12.8 Å². The molecule has 1 aliphatic heterocycles. The van der Waals surface area contributed by atoms with Gasteiger partial charge in [-0.1, -0.05) is 60.8 Å². The molecule has 0 amide bonds. The number of hydrogen-bond acceptors (Lipinski definition) is 6. The van der Waals surface area contributed by atoms with Crippen LogP contribution in [0.4, 0.5) is 0 Å². The van der Waals surface area contributed by atoms with Crippen LogP contribution in [-0.2, 0) is 9.16 Å². The Kier molecular flexibility index (Phi) is 9.00. The Morgan fingerprint density at radius 2 is 1.74 bits per heavy atom. The summed E-state index contributed by atoms with van der Waals surface area (Å²) in [5.41, 5.74) is -0.616. The van der Waals surface area contributed by atoms with Gasteiger partial charge in [-0.25, -0.2) is 4.79 Å². The van der Waals surface area contributed by atoms with E-state index in [2.05, 4.69) is 51.4 Å². The van der Waals surface area contributed by atoms with Gasteiger partial charge in [0.2, 0.25) is 0 Å². The number of aliphatic hydroxyl groups is 1. The maximum Gasteiger partial charge on any atom is 0.330 e. The number of nitrogens with one attached hydrogen (secondary N) is 1. The second-order valence-electron chi connectivity index (χ2n) is 11.3. The van der Waals surface area contributed by atoms with Crippen molar-refractivity contribution in [2.75, 3.05) is 26.3 Å². The van der Waals surface area contributed by atoms with Gasteiger partial charge in [0.1, 0.15) is 5.60 Å². The minimum absolute atomic E-state index is 0.191. The van der Waals surface area contributed by atoms with E-state index in [9.17, 15) is 14.7 Å². The van der Waals surface area contributed by atoms with Crippen molar-refractivity contribution in [3.63, 3.8) is 0 Å². The van der Waals surface area contributed by atoms with Crippen molar-refractivity contribution in [2.24, 2.45) is 0 Å². The zero-order chi connectivity index (χ0) is 25.1. The summed E-state index contributed by atoms with van der Waals surface area (Å²) in [7, 11) is -2.18. The molecule has 0 unspecified atom stereocenters. The Morgan fingerprint density at radius 3 is 2.26 bits per heavy atom. The van der Waals surface area contributed by atoms with Gasteiger partial charge in [0.25, 0.3) is 5.56 Å². The molecule has 3 rings (SSSR count). The van der Waals surface area contributed by atoms with Crippen molar-refractivity contribution in [2.45, 2.75) is 108 Å². The molecule has 8 nitrogen and oxygen atoms in total. The second-order valence-corrected chi connectivity index (χ2v) is 16.7. The molecule has 2 heterocycles. The standard InChI is InChI=1S/C25H45N3O5Si/c1-18(2)34(19(3)4,20(5)6)32-17-25(16-29)15-27(21-10-8-7-9-11-21)14-23(33-25)28-13-12-22(30)26-24(28)31/h12-13,18-21,23,29H,7-11,14-17H2,1-6H3,(H,26,30,31)/t23-,25+/m1/s1. The van der Waals surface area contributed by atoms with Gasteiger partial charge in [-0.3, -0.25) is 19.2 Å². The van der Waals surface area contributed by atoms with Crippen LogP contribution in [0, 0.1) is 0 Å². The fourth-order valence-electron chi connectivity index (χ4n) is 6.49. The van der Waals surface area contributed by atoms with Gasteiger partial charge < -0.3 is 14.3 Å². The Labute approximate surface area is 204 Å². The Morgan fingerprint density at radius 1 is 1.12 bits per heavy atom. The molecular formula is C25H45N3O5Si. The third kappa shape index (κ3) is 5.59. The number of ether oxygens (including phenoxy) is 1. The average Bonchev–Trinajstić information content (AvgIpc) is 2.79. The summed E-state index contributed by atoms with van der Waals surface area (Å²) in [6.45, 7) is 14.7. The molecule has 0 aromatic carbocycles. The molecule has 1 saturated heterocycles. The first-order valence-electron chi connectivity index (χ1n) is 13.0. The van der Waals surface area contributed by atoms with Crippen molar-refractivity contribution in [1.82, 2.24) is 14.5 Å². The molecule has 1 aromatic heterocycles. The molecule has 0 radical (unpaired) electrons. The number of rotatable bonds is 9. The SMILES string of the molecule is CC(C)[Si](OC[C@@]1(CO)CN(C2CCCCC2)C[C@H](n2ccc(=O)[nH]c2=O)O1)(C(C)C)C(C)C. The summed E-state index contributed by atoms with van der Waals surface area (Å²) in [5, 5.41) is 10.7. The third-order valence-electron chi connectivity index (χ3n) is 8.10. The summed E-state index contributed by atoms with van der Waals surface area (Å²) in [6.07, 6.45) is 6.74. The number of aliphatic hydroxyl groups excluding tert-OH is 1. The van der Waals surface area contributed by atoms with Crippen molar-refractivity contribution < 1.29 is 14.3 Å². The number of morpholine rings is 1. The Balaban J connectivity index is 1.95. The van der Waals surface area contributed by atoms with E-state index in [-0.39, 0.29) is 6.61 Å². The highest BCUT2D eigenvalue weighted by Gasteiger charge is 2.49. The maximum atomic E-state index is 12.6. The first-order chi connectivity index (χ1) is 16.0. The lowest BCUT2D eigenvalue weighted by atomic mass is 9.92. The van der Waals surface area contributed by atoms with E-state index in [1.54, 1.807) is 0 Å². The highest BCUT2D eigenvalue weighted by atomic mass is 28.4. The predicted octanol–water partition coefficient (Wildman–Crippen LogP) is 3.62. The van der Waals surface area contributed by atoms with Crippen LogP contribution in [0.25, 0.3) is 0 Å². The fraction of sp³-hybridized carbons (Fsp3) is 0.840. The molecule has 1 aromatic rings. The van der Waals surface area contributed by atoms with Crippen LogP contribution in [0.3, 0.4) is 0 Å². The number of hydrogen-bond donors (Lipinski definition) is 2. The lowest BCUT2D eigenvalue weighted by molar-refractivity contribution is -0.219. The van der Waals surface area contributed by atoms with Gasteiger partial charge >= 0.3 is 5.69 Å². The highest BCUT2D eigenvalue weighted by Crippen LogP contribution is 2.43. The van der Waals surface area contributed by atoms with Crippen LogP contribution >= 0.6 is 0 Å². The van der Waals surface area contributed by atoms with Gasteiger partial charge in [0.05, 0.1) is 13.2 Å². The number of nitrogens with zero attached hydrogens (tertiary/aromatic N) is 2. The Hall–Kier alpha value is -1.26. The summed E-state index contributed by atoms with van der Waals surface area (Å²) in [4.78, 5) is 29.0. The molecule has 1 aliphatic carbocycles. The first-order valence-corrected chi connectivity index (χ1v) is 15.2. The van der Waals surface area contributed by atoms with Crippen molar-refractivity contribution in [3.05, 3.63) is 33.1 Å². The predicted molar refractivity (Wildman–Crippen MR) is 137 cm³/mol. The topological polar surface area (TPSA) is 96.8 Å². The van der Waals surface area contributed by atoms with E-state index in [1.165, 1.54) is 36.1 Å². The third-order valence-corrected chi connectivity index (χ3v) is 14.2. The molecule has 9 heteroatoms. The second kappa shape index (κ2) is 11.2. The number of H-pyrrole nitrogens is 1. The largest absolute Gasteiger partial charge is 0.413 e. The molecular weight excluding hydrogens is 450 g/mol. The van der Waals surface area contributed by atoms with Crippen molar-refractivity contribution in [3.8, 4) is 0 Å². The number of aromatic amines is 1. The quantitative estimate of drug-likeness (QED) is 0.508. The fourth-order valence-corrected chi connectivity index (χ4v) is 12.0. The summed E-state index contributed by atoms with van der Waals surface area (Å²) < 4.78 is 14.9. The van der Waals surface area contributed by atoms with E-state index in [1.807, 2.05) is 0 Å². The maximum absolute atomic E-state index is 12.6. The molecule has 2 N–H and O–H groups in total. The van der Waals surface area contributed by atoms with Crippen molar-refractivity contribution >= 4 is 8.32 Å². The molecule has 194 valence electrons. The van der Waals surface area contributed by atoms with Crippen LogP contribution in [0.5, 0.6) is 0 Å². The number of aromatic nitrogens is 2. The van der Waals surface area contributed by atoms with Crippen molar-refractivity contribution in [1.29, 1.82) is 0 Å². The lowest BCUT2D eigenvalue weighted by Gasteiger charge is -2.51. The van der Waals surface area contributed by atoms with Gasteiger partial charge in [-0.05, 0) is 29.5 Å². The van der Waals surface area contributed by atoms with E-state index < -0.39 is 31.4 Å². The van der Waals surface area contributed by atoms with Gasteiger partial charge in [-0.15, -0.1) is 0 Å². The van der Waals surface area contributed by atoms with Gasteiger partial charge in [0, 0.05) is 31.4 Å².